The molecule has 0 unspecified atom stereocenters. The van der Waals surface area contributed by atoms with Gasteiger partial charge >= 0.3 is 6.18 Å². The van der Waals surface area contributed by atoms with Crippen LogP contribution in [-0.4, -0.2) is 47.8 Å². The monoisotopic (exact) mass is 426 g/mol. The Morgan fingerprint density at radius 3 is 2.31 bits per heavy atom. The van der Waals surface area contributed by atoms with Crippen molar-refractivity contribution in [2.75, 3.05) is 26.2 Å². The highest BCUT2D eigenvalue weighted by molar-refractivity contribution is 6.32. The third kappa shape index (κ3) is 5.00. The minimum absolute atomic E-state index is 0.108. The summed E-state index contributed by atoms with van der Waals surface area (Å²) in [6.45, 7) is 3.04. The predicted octanol–water partition coefficient (Wildman–Crippen LogP) is 4.26. The van der Waals surface area contributed by atoms with Crippen molar-refractivity contribution in [2.45, 2.75) is 13.1 Å². The lowest BCUT2D eigenvalue weighted by atomic mass is 10.1. The van der Waals surface area contributed by atoms with Crippen LogP contribution in [-0.2, 0) is 11.0 Å². The number of halogens is 4. The predicted molar refractivity (Wildman–Crippen MR) is 101 cm³/mol. The molecule has 2 heterocycles. The Balaban J connectivity index is 1.61. The summed E-state index contributed by atoms with van der Waals surface area (Å²) in [7, 11) is 0. The first-order valence-corrected chi connectivity index (χ1v) is 9.22. The first kappa shape index (κ1) is 21.0. The van der Waals surface area contributed by atoms with Crippen LogP contribution in [0, 0.1) is 6.92 Å². The molecular weight excluding hydrogens is 409 g/mol. The SMILES string of the molecule is Cc1ccc(C(=O)N2CCN(C(=O)/C=C/c3cc(C(F)(F)F)ccc3Cl)CC2)o1. The number of nitrogens with zero attached hydrogens (tertiary/aromatic N) is 2. The van der Waals surface area contributed by atoms with Crippen molar-refractivity contribution in [3.63, 3.8) is 0 Å². The highest BCUT2D eigenvalue weighted by Gasteiger charge is 2.31. The Kier molecular flexibility index (Phi) is 6.02. The van der Waals surface area contributed by atoms with Gasteiger partial charge in [0.1, 0.15) is 5.76 Å². The lowest BCUT2D eigenvalue weighted by Crippen LogP contribution is -2.50. The summed E-state index contributed by atoms with van der Waals surface area (Å²) in [5.74, 6) is 0.290. The van der Waals surface area contributed by atoms with Crippen LogP contribution in [0.3, 0.4) is 0 Å². The lowest BCUT2D eigenvalue weighted by molar-refractivity contribution is -0.137. The molecule has 1 aliphatic rings. The van der Waals surface area contributed by atoms with Gasteiger partial charge < -0.3 is 14.2 Å². The average Bonchev–Trinajstić information content (AvgIpc) is 3.12. The Morgan fingerprint density at radius 1 is 1.07 bits per heavy atom. The molecule has 3 rings (SSSR count). The fourth-order valence-corrected chi connectivity index (χ4v) is 3.13. The number of furan rings is 1. The average molecular weight is 427 g/mol. The van der Waals surface area contributed by atoms with E-state index in [1.807, 2.05) is 0 Å². The van der Waals surface area contributed by atoms with E-state index >= 15 is 0 Å². The van der Waals surface area contributed by atoms with Crippen LogP contribution in [0.2, 0.25) is 5.02 Å². The number of hydrogen-bond acceptors (Lipinski definition) is 3. The van der Waals surface area contributed by atoms with Gasteiger partial charge in [0.15, 0.2) is 5.76 Å². The molecule has 9 heteroatoms. The minimum atomic E-state index is -4.49. The van der Waals surface area contributed by atoms with E-state index in [9.17, 15) is 22.8 Å². The summed E-state index contributed by atoms with van der Waals surface area (Å²) in [4.78, 5) is 27.8. The van der Waals surface area contributed by atoms with Gasteiger partial charge in [0, 0.05) is 37.3 Å². The highest BCUT2D eigenvalue weighted by atomic mass is 35.5. The fraction of sp³-hybridized carbons (Fsp3) is 0.300. The van der Waals surface area contributed by atoms with Gasteiger partial charge in [-0.25, -0.2) is 0 Å². The Bertz CT molecular complexity index is 945. The second-order valence-corrected chi connectivity index (χ2v) is 7.00. The molecule has 1 aromatic carbocycles. The van der Waals surface area contributed by atoms with Crippen LogP contribution in [0.1, 0.15) is 27.4 Å². The number of hydrogen-bond donors (Lipinski definition) is 0. The van der Waals surface area contributed by atoms with Crippen LogP contribution in [0.4, 0.5) is 13.2 Å². The largest absolute Gasteiger partial charge is 0.456 e. The second-order valence-electron chi connectivity index (χ2n) is 6.60. The first-order chi connectivity index (χ1) is 13.6. The van der Waals surface area contributed by atoms with E-state index < -0.39 is 11.7 Å². The van der Waals surface area contributed by atoms with E-state index in [2.05, 4.69) is 0 Å². The molecule has 154 valence electrons. The summed E-state index contributed by atoms with van der Waals surface area (Å²) < 4.78 is 43.8. The first-order valence-electron chi connectivity index (χ1n) is 8.84. The van der Waals surface area contributed by atoms with Crippen molar-refractivity contribution >= 4 is 29.5 Å². The molecular formula is C20H18ClF3N2O3. The molecule has 0 atom stereocenters. The van der Waals surface area contributed by atoms with Crippen molar-refractivity contribution < 1.29 is 27.2 Å². The second kappa shape index (κ2) is 8.32. The topological polar surface area (TPSA) is 53.8 Å². The van der Waals surface area contributed by atoms with Crippen LogP contribution >= 0.6 is 11.6 Å². The summed E-state index contributed by atoms with van der Waals surface area (Å²) in [6, 6.07) is 6.25. The van der Waals surface area contributed by atoms with Gasteiger partial charge in [-0.2, -0.15) is 13.2 Å². The molecule has 0 saturated carbocycles. The number of amides is 2. The molecule has 0 aliphatic carbocycles. The normalized spacial score (nSPS) is 15.2. The van der Waals surface area contributed by atoms with Gasteiger partial charge in [-0.05, 0) is 48.9 Å². The molecule has 0 radical (unpaired) electrons. The number of benzene rings is 1. The molecule has 1 aromatic heterocycles. The van der Waals surface area contributed by atoms with Crippen molar-refractivity contribution in [3.05, 3.63) is 64.1 Å². The molecule has 2 aromatic rings. The van der Waals surface area contributed by atoms with E-state index in [-0.39, 0.29) is 28.2 Å². The van der Waals surface area contributed by atoms with Crippen molar-refractivity contribution in [2.24, 2.45) is 0 Å². The Hall–Kier alpha value is -2.74. The Labute approximate surface area is 170 Å². The maximum absolute atomic E-state index is 12.8. The number of aryl methyl sites for hydroxylation is 1. The number of alkyl halides is 3. The van der Waals surface area contributed by atoms with E-state index in [0.29, 0.717) is 31.9 Å². The number of rotatable bonds is 3. The van der Waals surface area contributed by atoms with E-state index in [4.69, 9.17) is 16.0 Å². The van der Waals surface area contributed by atoms with Gasteiger partial charge in [-0.15, -0.1) is 0 Å². The highest BCUT2D eigenvalue weighted by Crippen LogP contribution is 2.32. The third-order valence-electron chi connectivity index (χ3n) is 4.56. The smallest absolute Gasteiger partial charge is 0.416 e. The summed E-state index contributed by atoms with van der Waals surface area (Å²) in [5, 5.41) is 0.117. The van der Waals surface area contributed by atoms with Crippen molar-refractivity contribution in [1.82, 2.24) is 9.80 Å². The van der Waals surface area contributed by atoms with Crippen molar-refractivity contribution in [1.29, 1.82) is 0 Å². The van der Waals surface area contributed by atoms with Crippen LogP contribution in [0.25, 0.3) is 6.08 Å². The number of piperazine rings is 1. The van der Waals surface area contributed by atoms with Gasteiger partial charge in [0.25, 0.3) is 5.91 Å². The summed E-state index contributed by atoms with van der Waals surface area (Å²) in [6.07, 6.45) is -2.04. The van der Waals surface area contributed by atoms with Gasteiger partial charge in [-0.1, -0.05) is 11.6 Å². The van der Waals surface area contributed by atoms with Crippen molar-refractivity contribution in [3.8, 4) is 0 Å². The summed E-state index contributed by atoms with van der Waals surface area (Å²) >= 11 is 5.93. The molecule has 2 amide bonds. The maximum atomic E-state index is 12.8. The molecule has 0 bridgehead atoms. The number of carbonyl (C=O) groups is 2. The zero-order chi connectivity index (χ0) is 21.2. The fourth-order valence-electron chi connectivity index (χ4n) is 2.95. The maximum Gasteiger partial charge on any atom is 0.416 e. The number of carbonyl (C=O) groups excluding carboxylic acids is 2. The van der Waals surface area contributed by atoms with Crippen LogP contribution in [0.15, 0.2) is 40.8 Å². The van der Waals surface area contributed by atoms with Crippen LogP contribution in [0.5, 0.6) is 0 Å². The van der Waals surface area contributed by atoms with Gasteiger partial charge in [0.2, 0.25) is 5.91 Å². The lowest BCUT2D eigenvalue weighted by Gasteiger charge is -2.33. The standard InChI is InChI=1S/C20H18ClF3N2O3/c1-13-2-6-17(29-13)19(28)26-10-8-25(9-11-26)18(27)7-3-14-12-15(20(22,23)24)4-5-16(14)21/h2-7,12H,8-11H2,1H3/b7-3+. The van der Waals surface area contributed by atoms with E-state index in [1.165, 1.54) is 17.1 Å². The molecule has 0 N–H and O–H groups in total. The molecule has 1 saturated heterocycles. The van der Waals surface area contributed by atoms with Crippen LogP contribution < -0.4 is 0 Å². The molecule has 1 aliphatic heterocycles. The Morgan fingerprint density at radius 2 is 1.72 bits per heavy atom. The van der Waals surface area contributed by atoms with Gasteiger partial charge in [-0.3, -0.25) is 9.59 Å². The zero-order valence-electron chi connectivity index (χ0n) is 15.5. The zero-order valence-corrected chi connectivity index (χ0v) is 16.3. The molecule has 29 heavy (non-hydrogen) atoms. The van der Waals surface area contributed by atoms with E-state index in [1.54, 1.807) is 24.0 Å². The third-order valence-corrected chi connectivity index (χ3v) is 4.90. The summed E-state index contributed by atoms with van der Waals surface area (Å²) in [5.41, 5.74) is -0.730. The van der Waals surface area contributed by atoms with Gasteiger partial charge in [0.05, 0.1) is 5.56 Å². The molecule has 5 nitrogen and oxygen atoms in total. The van der Waals surface area contributed by atoms with E-state index in [0.717, 1.165) is 18.2 Å². The molecule has 0 spiro atoms. The minimum Gasteiger partial charge on any atom is -0.456 e. The molecule has 1 fully saturated rings. The quantitative estimate of drug-likeness (QED) is 0.689.